The van der Waals surface area contributed by atoms with E-state index >= 15 is 0 Å². The molecule has 2 amide bonds. The van der Waals surface area contributed by atoms with Gasteiger partial charge >= 0.3 is 0 Å². The van der Waals surface area contributed by atoms with Crippen molar-refractivity contribution in [3.63, 3.8) is 0 Å². The Kier molecular flexibility index (Phi) is 8.89. The Balaban J connectivity index is 1.90. The number of nitrogens with zero attached hydrogens (tertiary/aromatic N) is 2. The van der Waals surface area contributed by atoms with Crippen molar-refractivity contribution < 1.29 is 9.59 Å². The Bertz CT molecular complexity index is 1080. The zero-order valence-electron chi connectivity index (χ0n) is 21.2. The first-order valence-electron chi connectivity index (χ1n) is 12.2. The van der Waals surface area contributed by atoms with Crippen LogP contribution in [0, 0.1) is 0 Å². The molecule has 0 spiro atoms. The molecule has 188 valence electrons. The number of fused-ring (bicyclic) bond motifs is 2. The molecule has 8 heteroatoms. The van der Waals surface area contributed by atoms with Crippen LogP contribution >= 0.6 is 0 Å². The van der Waals surface area contributed by atoms with Gasteiger partial charge in [-0.25, -0.2) is 5.84 Å². The summed E-state index contributed by atoms with van der Waals surface area (Å²) in [5.74, 6) is 6.24. The van der Waals surface area contributed by atoms with Gasteiger partial charge in [-0.2, -0.15) is 0 Å². The lowest BCUT2D eigenvalue weighted by atomic mass is 9.95. The highest BCUT2D eigenvalue weighted by atomic mass is 16.2. The summed E-state index contributed by atoms with van der Waals surface area (Å²) in [6.45, 7) is 9.66. The van der Waals surface area contributed by atoms with Crippen LogP contribution in [-0.2, 0) is 16.1 Å². The average molecular weight is 479 g/mol. The molecule has 3 rings (SSSR count). The van der Waals surface area contributed by atoms with E-state index in [9.17, 15) is 9.59 Å². The van der Waals surface area contributed by atoms with Crippen molar-refractivity contribution in [3.05, 3.63) is 65.2 Å². The minimum Gasteiger partial charge on any atom is -0.396 e. The van der Waals surface area contributed by atoms with E-state index in [0.29, 0.717) is 37.1 Å². The number of benzene rings is 2. The summed E-state index contributed by atoms with van der Waals surface area (Å²) in [4.78, 5) is 27.6. The van der Waals surface area contributed by atoms with Gasteiger partial charge in [-0.05, 0) is 25.5 Å². The smallest absolute Gasteiger partial charge is 0.227 e. The Labute approximate surface area is 208 Å². The van der Waals surface area contributed by atoms with Crippen LogP contribution in [0.2, 0.25) is 0 Å². The minimum atomic E-state index is -0.137. The standard InChI is InChI=1S/C27H38N6O2/c1-18(2)30-15-16-31-24(34)13-14-25(35)32-17-20-9-5-6-10-21(20)26(28)27(33(29)19(3)4)22-11-7-8-12-23(22)32/h5-12,18-19,30H,13-17,28-29H2,1-4H3,(H,31,34)/b27-26-. The Morgan fingerprint density at radius 2 is 1.63 bits per heavy atom. The van der Waals surface area contributed by atoms with Gasteiger partial charge in [0.25, 0.3) is 0 Å². The summed E-state index contributed by atoms with van der Waals surface area (Å²) >= 11 is 0. The molecule has 0 fully saturated rings. The quantitative estimate of drug-likeness (QED) is 0.250. The molecule has 0 saturated heterocycles. The van der Waals surface area contributed by atoms with Gasteiger partial charge in [0, 0.05) is 49.1 Å². The molecule has 0 aromatic heterocycles. The zero-order valence-corrected chi connectivity index (χ0v) is 21.2. The Hall–Kier alpha value is -3.36. The molecule has 2 aromatic rings. The SMILES string of the molecule is CC(C)NCCNC(=O)CCC(=O)N1Cc2ccccc2/C(N)=C(/N(N)C(C)C)c2ccccc21. The molecule has 0 atom stereocenters. The first-order valence-corrected chi connectivity index (χ1v) is 12.2. The third-order valence-corrected chi connectivity index (χ3v) is 6.02. The second kappa shape index (κ2) is 11.9. The first-order chi connectivity index (χ1) is 16.7. The number of nitrogens with two attached hydrogens (primary N) is 2. The van der Waals surface area contributed by atoms with E-state index in [0.717, 1.165) is 22.4 Å². The molecule has 1 aliphatic rings. The van der Waals surface area contributed by atoms with E-state index in [1.165, 1.54) is 0 Å². The molecule has 0 bridgehead atoms. The van der Waals surface area contributed by atoms with E-state index in [2.05, 4.69) is 24.5 Å². The van der Waals surface area contributed by atoms with Gasteiger partial charge in [0.15, 0.2) is 0 Å². The number of nitrogens with one attached hydrogen (secondary N) is 2. The van der Waals surface area contributed by atoms with Gasteiger partial charge in [0.05, 0.1) is 23.6 Å². The fourth-order valence-corrected chi connectivity index (χ4v) is 4.12. The number of amides is 2. The molecule has 1 heterocycles. The van der Waals surface area contributed by atoms with Crippen molar-refractivity contribution in [2.24, 2.45) is 11.6 Å². The Morgan fingerprint density at radius 1 is 0.971 bits per heavy atom. The number of hydrogen-bond donors (Lipinski definition) is 4. The molecule has 6 N–H and O–H groups in total. The van der Waals surface area contributed by atoms with Crippen molar-refractivity contribution in [1.29, 1.82) is 0 Å². The number of hydrazine groups is 1. The van der Waals surface area contributed by atoms with Crippen molar-refractivity contribution in [2.45, 2.75) is 59.2 Å². The van der Waals surface area contributed by atoms with Crippen LogP contribution in [0.25, 0.3) is 11.4 Å². The summed E-state index contributed by atoms with van der Waals surface area (Å²) in [6, 6.07) is 15.8. The van der Waals surface area contributed by atoms with Crippen LogP contribution in [-0.4, -0.2) is 42.0 Å². The minimum absolute atomic E-state index is 0.0128. The molecule has 0 radical (unpaired) electrons. The van der Waals surface area contributed by atoms with E-state index in [4.69, 9.17) is 11.6 Å². The van der Waals surface area contributed by atoms with Gasteiger partial charge in [-0.15, -0.1) is 0 Å². The molecule has 2 aromatic carbocycles. The van der Waals surface area contributed by atoms with Crippen molar-refractivity contribution in [3.8, 4) is 0 Å². The number of anilines is 1. The zero-order chi connectivity index (χ0) is 25.5. The maximum absolute atomic E-state index is 13.5. The normalized spacial score (nSPS) is 15.3. The first kappa shape index (κ1) is 26.2. The van der Waals surface area contributed by atoms with Gasteiger partial charge < -0.3 is 26.3 Å². The van der Waals surface area contributed by atoms with Crippen molar-refractivity contribution in [1.82, 2.24) is 15.6 Å². The van der Waals surface area contributed by atoms with E-state index in [-0.39, 0.29) is 30.7 Å². The molecule has 8 nitrogen and oxygen atoms in total. The number of carbonyl (C=O) groups excluding carboxylic acids is 2. The van der Waals surface area contributed by atoms with Crippen LogP contribution < -0.4 is 27.1 Å². The highest BCUT2D eigenvalue weighted by Crippen LogP contribution is 2.37. The highest BCUT2D eigenvalue weighted by molar-refractivity contribution is 6.01. The molecule has 0 unspecified atom stereocenters. The number of rotatable bonds is 9. The summed E-state index contributed by atoms with van der Waals surface area (Å²) in [5.41, 5.74) is 11.2. The lowest BCUT2D eigenvalue weighted by Gasteiger charge is -2.34. The number of para-hydroxylation sites is 1. The lowest BCUT2D eigenvalue weighted by Crippen LogP contribution is -2.40. The third kappa shape index (κ3) is 6.41. The fourth-order valence-electron chi connectivity index (χ4n) is 4.12. The van der Waals surface area contributed by atoms with Crippen LogP contribution in [0.5, 0.6) is 0 Å². The van der Waals surface area contributed by atoms with E-state index < -0.39 is 0 Å². The average Bonchev–Trinajstić information content (AvgIpc) is 2.83. The van der Waals surface area contributed by atoms with Gasteiger partial charge in [-0.1, -0.05) is 56.3 Å². The monoisotopic (exact) mass is 478 g/mol. The molecular weight excluding hydrogens is 440 g/mol. The molecule has 1 aliphatic heterocycles. The van der Waals surface area contributed by atoms with Crippen molar-refractivity contribution in [2.75, 3.05) is 18.0 Å². The molecule has 35 heavy (non-hydrogen) atoms. The second-order valence-corrected chi connectivity index (χ2v) is 9.38. The van der Waals surface area contributed by atoms with Crippen LogP contribution in [0.4, 0.5) is 5.69 Å². The largest absolute Gasteiger partial charge is 0.396 e. The number of carbonyl (C=O) groups is 2. The topological polar surface area (TPSA) is 117 Å². The summed E-state index contributed by atoms with van der Waals surface area (Å²) in [5, 5.41) is 7.78. The maximum Gasteiger partial charge on any atom is 0.227 e. The maximum atomic E-state index is 13.5. The predicted molar refractivity (Wildman–Crippen MR) is 142 cm³/mol. The highest BCUT2D eigenvalue weighted by Gasteiger charge is 2.28. The van der Waals surface area contributed by atoms with Gasteiger partial charge in [0.1, 0.15) is 0 Å². The van der Waals surface area contributed by atoms with Crippen molar-refractivity contribution >= 4 is 28.9 Å². The third-order valence-electron chi connectivity index (χ3n) is 6.02. The second-order valence-electron chi connectivity index (χ2n) is 9.38. The predicted octanol–water partition coefficient (Wildman–Crippen LogP) is 2.80. The lowest BCUT2D eigenvalue weighted by molar-refractivity contribution is -0.125. The van der Waals surface area contributed by atoms with Crippen LogP contribution in [0.15, 0.2) is 48.5 Å². The van der Waals surface area contributed by atoms with Gasteiger partial charge in [0.2, 0.25) is 11.8 Å². The van der Waals surface area contributed by atoms with E-state index in [1.54, 1.807) is 9.91 Å². The van der Waals surface area contributed by atoms with E-state index in [1.807, 2.05) is 62.4 Å². The molecule has 0 saturated carbocycles. The van der Waals surface area contributed by atoms with Crippen LogP contribution in [0.3, 0.4) is 0 Å². The summed E-state index contributed by atoms with van der Waals surface area (Å²) < 4.78 is 0. The Morgan fingerprint density at radius 3 is 2.31 bits per heavy atom. The summed E-state index contributed by atoms with van der Waals surface area (Å²) in [7, 11) is 0. The summed E-state index contributed by atoms with van der Waals surface area (Å²) in [6.07, 6.45) is 0.228. The van der Waals surface area contributed by atoms with Crippen LogP contribution in [0.1, 0.15) is 57.2 Å². The molecule has 0 aliphatic carbocycles. The molecular formula is C27H38N6O2. The van der Waals surface area contributed by atoms with Gasteiger partial charge in [-0.3, -0.25) is 9.59 Å². The number of hydrogen-bond acceptors (Lipinski definition) is 6. The fraction of sp³-hybridized carbons (Fsp3) is 0.407.